The summed E-state index contributed by atoms with van der Waals surface area (Å²) in [4.78, 5) is 33.0. The van der Waals surface area contributed by atoms with Crippen LogP contribution in [0.2, 0.25) is 0 Å². The number of carbonyl (C=O) groups excluding carboxylic acids is 1. The summed E-state index contributed by atoms with van der Waals surface area (Å²) in [6, 6.07) is 2.09. The number of carbonyl (C=O) groups is 1. The van der Waals surface area contributed by atoms with Crippen LogP contribution in [0.3, 0.4) is 0 Å². The molecule has 0 aromatic heterocycles. The minimum Gasteiger partial charge on any atom is -0.345 e. The topological polar surface area (TPSA) is 107 Å². The molecule has 0 aliphatic heterocycles. The van der Waals surface area contributed by atoms with Crippen LogP contribution in [0.4, 0.5) is 11.4 Å². The molecule has 96 valence electrons. The maximum Gasteiger partial charge on any atom is 0.279 e. The molecule has 8 nitrogen and oxygen atoms in total. The lowest BCUT2D eigenvalue weighted by molar-refractivity contribution is -0.395. The average Bonchev–Trinajstić information content (AvgIpc) is 2.27. The third kappa shape index (κ3) is 2.42. The van der Waals surface area contributed by atoms with Gasteiger partial charge >= 0.3 is 0 Å². The molecule has 1 amide bonds. The van der Waals surface area contributed by atoms with Crippen LogP contribution in [0.1, 0.15) is 15.9 Å². The number of nitro benzene ring substituents is 2. The molecule has 8 heteroatoms. The molecular formula is C10H11N3O5. The van der Waals surface area contributed by atoms with Gasteiger partial charge in [-0.2, -0.15) is 0 Å². The Kier molecular flexibility index (Phi) is 3.60. The molecule has 0 unspecified atom stereocenters. The Balaban J connectivity index is 3.53. The van der Waals surface area contributed by atoms with Gasteiger partial charge in [0.2, 0.25) is 0 Å². The summed E-state index contributed by atoms with van der Waals surface area (Å²) in [5.74, 6) is -0.527. The highest BCUT2D eigenvalue weighted by Gasteiger charge is 2.25. The average molecular weight is 253 g/mol. The van der Waals surface area contributed by atoms with Gasteiger partial charge in [-0.1, -0.05) is 0 Å². The summed E-state index contributed by atoms with van der Waals surface area (Å²) in [5.41, 5.74) is -1.02. The largest absolute Gasteiger partial charge is 0.345 e. The molecule has 0 saturated heterocycles. The molecule has 0 N–H and O–H groups in total. The lowest BCUT2D eigenvalue weighted by Crippen LogP contribution is -2.22. The SMILES string of the molecule is Cc1c([N+](=O)[O-])cc(C(=O)N(C)C)cc1[N+](=O)[O-]. The van der Waals surface area contributed by atoms with E-state index in [1.165, 1.54) is 25.9 Å². The first-order chi connectivity index (χ1) is 8.25. The van der Waals surface area contributed by atoms with Crippen LogP contribution in [0, 0.1) is 27.2 Å². The second kappa shape index (κ2) is 4.78. The number of benzene rings is 1. The highest BCUT2D eigenvalue weighted by atomic mass is 16.6. The van der Waals surface area contributed by atoms with E-state index in [0.29, 0.717) is 0 Å². The van der Waals surface area contributed by atoms with Crippen LogP contribution in [0.5, 0.6) is 0 Å². The molecule has 0 radical (unpaired) electrons. The molecule has 0 bridgehead atoms. The van der Waals surface area contributed by atoms with Crippen molar-refractivity contribution in [2.45, 2.75) is 6.92 Å². The monoisotopic (exact) mass is 253 g/mol. The molecule has 0 atom stereocenters. The zero-order valence-electron chi connectivity index (χ0n) is 10.0. The molecule has 0 aliphatic carbocycles. The highest BCUT2D eigenvalue weighted by Crippen LogP contribution is 2.29. The smallest absolute Gasteiger partial charge is 0.279 e. The van der Waals surface area contributed by atoms with E-state index in [1.807, 2.05) is 0 Å². The molecule has 1 rings (SSSR count). The summed E-state index contributed by atoms with van der Waals surface area (Å²) in [6.45, 7) is 1.28. The molecule has 0 aliphatic rings. The fourth-order valence-corrected chi connectivity index (χ4v) is 1.44. The Morgan fingerprint density at radius 1 is 1.11 bits per heavy atom. The van der Waals surface area contributed by atoms with Gasteiger partial charge in [-0.3, -0.25) is 25.0 Å². The zero-order chi connectivity index (χ0) is 14.0. The van der Waals surface area contributed by atoms with E-state index in [4.69, 9.17) is 0 Å². The van der Waals surface area contributed by atoms with Crippen LogP contribution in [-0.2, 0) is 0 Å². The van der Waals surface area contributed by atoms with Crippen LogP contribution >= 0.6 is 0 Å². The van der Waals surface area contributed by atoms with Crippen molar-refractivity contribution in [2.24, 2.45) is 0 Å². The van der Waals surface area contributed by atoms with Crippen molar-refractivity contribution in [3.63, 3.8) is 0 Å². The van der Waals surface area contributed by atoms with Crippen LogP contribution in [-0.4, -0.2) is 34.7 Å². The highest BCUT2D eigenvalue weighted by molar-refractivity contribution is 5.95. The summed E-state index contributed by atoms with van der Waals surface area (Å²) in [6.07, 6.45) is 0. The fourth-order valence-electron chi connectivity index (χ4n) is 1.44. The van der Waals surface area contributed by atoms with E-state index in [9.17, 15) is 25.0 Å². The maximum atomic E-state index is 11.7. The van der Waals surface area contributed by atoms with Crippen molar-refractivity contribution >= 4 is 17.3 Å². The summed E-state index contributed by atoms with van der Waals surface area (Å²) < 4.78 is 0. The van der Waals surface area contributed by atoms with Gasteiger partial charge < -0.3 is 4.90 Å². The van der Waals surface area contributed by atoms with Crippen molar-refractivity contribution < 1.29 is 14.6 Å². The lowest BCUT2D eigenvalue weighted by Gasteiger charge is -2.10. The Morgan fingerprint density at radius 3 is 1.78 bits per heavy atom. The van der Waals surface area contributed by atoms with Gasteiger partial charge in [0.05, 0.1) is 15.4 Å². The number of hydrogen-bond donors (Lipinski definition) is 0. The van der Waals surface area contributed by atoms with E-state index >= 15 is 0 Å². The predicted octanol–water partition coefficient (Wildman–Crippen LogP) is 1.51. The van der Waals surface area contributed by atoms with Gasteiger partial charge in [-0.25, -0.2) is 0 Å². The van der Waals surface area contributed by atoms with Crippen LogP contribution < -0.4 is 0 Å². The van der Waals surface area contributed by atoms with Crippen molar-refractivity contribution in [1.82, 2.24) is 4.90 Å². The van der Waals surface area contributed by atoms with Gasteiger partial charge in [-0.15, -0.1) is 0 Å². The number of hydrogen-bond acceptors (Lipinski definition) is 5. The van der Waals surface area contributed by atoms with Crippen molar-refractivity contribution in [3.8, 4) is 0 Å². The van der Waals surface area contributed by atoms with Crippen molar-refractivity contribution in [1.29, 1.82) is 0 Å². The van der Waals surface area contributed by atoms with Gasteiger partial charge in [0.25, 0.3) is 17.3 Å². The van der Waals surface area contributed by atoms with Gasteiger partial charge in [-0.05, 0) is 6.92 Å². The van der Waals surface area contributed by atoms with E-state index < -0.39 is 27.1 Å². The summed E-state index contributed by atoms with van der Waals surface area (Å²) in [5, 5.41) is 21.6. The number of nitro groups is 2. The quantitative estimate of drug-likeness (QED) is 0.599. The van der Waals surface area contributed by atoms with Gasteiger partial charge in [0, 0.05) is 26.2 Å². The number of amides is 1. The first-order valence-electron chi connectivity index (χ1n) is 4.90. The van der Waals surface area contributed by atoms with Gasteiger partial charge in [0.1, 0.15) is 5.56 Å². The first kappa shape index (κ1) is 13.6. The Morgan fingerprint density at radius 2 is 1.50 bits per heavy atom. The number of nitrogens with zero attached hydrogens (tertiary/aromatic N) is 3. The molecule has 0 saturated carbocycles. The molecule has 1 aromatic carbocycles. The first-order valence-corrected chi connectivity index (χ1v) is 4.90. The number of rotatable bonds is 3. The fraction of sp³-hybridized carbons (Fsp3) is 0.300. The summed E-state index contributed by atoms with van der Waals surface area (Å²) in [7, 11) is 2.92. The second-order valence-corrected chi connectivity index (χ2v) is 3.85. The molecule has 0 fully saturated rings. The Hall–Kier alpha value is -2.51. The molecule has 18 heavy (non-hydrogen) atoms. The molecular weight excluding hydrogens is 242 g/mol. The van der Waals surface area contributed by atoms with E-state index in [0.717, 1.165) is 12.1 Å². The normalized spacial score (nSPS) is 9.94. The standard InChI is InChI=1S/C10H11N3O5/c1-6-8(12(15)16)4-7(10(14)11(2)3)5-9(6)13(17)18/h4-5H,1-3H3. The predicted molar refractivity (Wildman–Crippen MR) is 62.5 cm³/mol. The lowest BCUT2D eigenvalue weighted by atomic mass is 10.1. The minimum absolute atomic E-state index is 0.0692. The Bertz CT molecular complexity index is 503. The second-order valence-electron chi connectivity index (χ2n) is 3.85. The molecule has 0 heterocycles. The molecule has 0 spiro atoms. The minimum atomic E-state index is -0.741. The summed E-state index contributed by atoms with van der Waals surface area (Å²) >= 11 is 0. The van der Waals surface area contributed by atoms with Crippen LogP contribution in [0.15, 0.2) is 12.1 Å². The Labute approximate surface area is 102 Å². The third-order valence-electron chi connectivity index (χ3n) is 2.40. The molecule has 1 aromatic rings. The zero-order valence-corrected chi connectivity index (χ0v) is 10.0. The van der Waals surface area contributed by atoms with E-state index in [-0.39, 0.29) is 11.1 Å². The van der Waals surface area contributed by atoms with Gasteiger partial charge in [0.15, 0.2) is 0 Å². The van der Waals surface area contributed by atoms with E-state index in [2.05, 4.69) is 0 Å². The maximum absolute atomic E-state index is 11.7. The van der Waals surface area contributed by atoms with E-state index in [1.54, 1.807) is 0 Å². The third-order valence-corrected chi connectivity index (χ3v) is 2.40. The van der Waals surface area contributed by atoms with Crippen LogP contribution in [0.25, 0.3) is 0 Å². The van der Waals surface area contributed by atoms with Crippen molar-refractivity contribution in [2.75, 3.05) is 14.1 Å². The van der Waals surface area contributed by atoms with Crippen molar-refractivity contribution in [3.05, 3.63) is 43.5 Å².